The number of benzene rings is 1. The number of ether oxygens (including phenoxy) is 1. The van der Waals surface area contributed by atoms with Crippen molar-refractivity contribution in [3.05, 3.63) is 29.3 Å². The summed E-state index contributed by atoms with van der Waals surface area (Å²) in [4.78, 5) is 26.7. The molecule has 0 unspecified atom stereocenters. The maximum absolute atomic E-state index is 12.2. The molecule has 7 nitrogen and oxygen atoms in total. The van der Waals surface area contributed by atoms with Crippen molar-refractivity contribution in [2.24, 2.45) is 0 Å². The normalized spacial score (nSPS) is 18.7. The van der Waals surface area contributed by atoms with Crippen LogP contribution in [-0.2, 0) is 4.79 Å². The van der Waals surface area contributed by atoms with E-state index in [1.54, 1.807) is 24.1 Å². The van der Waals surface area contributed by atoms with Crippen LogP contribution in [-0.4, -0.2) is 72.3 Å². The Labute approximate surface area is 165 Å². The number of likely N-dealkylation sites (N-methyl/N-ethyl adjacent to an activating group) is 1. The molecule has 0 saturated heterocycles. The Morgan fingerprint density at radius 3 is 2.56 bits per heavy atom. The molecule has 2 rings (SSSR count). The summed E-state index contributed by atoms with van der Waals surface area (Å²) in [7, 11) is 1.76. The third kappa shape index (κ3) is 6.92. The molecule has 2 amide bonds. The van der Waals surface area contributed by atoms with Gasteiger partial charge in [-0.1, -0.05) is 18.5 Å². The number of nitrogens with one attached hydrogen (secondary N) is 1. The standard InChI is InChI=1S/C19H28ClN3O4/c1-3-23(13-18(24)25)16-11-15(12-16)21-19(26)22(2)9-4-10-27-17-7-5-14(20)6-8-17/h5-8,15-16H,3-4,9-13H2,1-2H3,(H,21,26)(H,24,25). The molecule has 0 bridgehead atoms. The Morgan fingerprint density at radius 2 is 1.96 bits per heavy atom. The summed E-state index contributed by atoms with van der Waals surface area (Å²) < 4.78 is 5.62. The SMILES string of the molecule is CCN(CC(=O)O)C1CC(NC(=O)N(C)CCCOc2ccc(Cl)cc2)C1. The number of carboxylic acids is 1. The second-order valence-corrected chi connectivity index (χ2v) is 7.24. The third-order valence-electron chi connectivity index (χ3n) is 4.77. The van der Waals surface area contributed by atoms with Crippen LogP contribution in [0.3, 0.4) is 0 Å². The van der Waals surface area contributed by atoms with Gasteiger partial charge in [-0.15, -0.1) is 0 Å². The van der Waals surface area contributed by atoms with Gasteiger partial charge in [0.25, 0.3) is 0 Å². The van der Waals surface area contributed by atoms with Crippen molar-refractivity contribution < 1.29 is 19.4 Å². The number of halogens is 1. The monoisotopic (exact) mass is 397 g/mol. The van der Waals surface area contributed by atoms with Gasteiger partial charge >= 0.3 is 12.0 Å². The minimum absolute atomic E-state index is 0.0509. The molecule has 0 radical (unpaired) electrons. The van der Waals surface area contributed by atoms with Gasteiger partial charge in [0, 0.05) is 30.7 Å². The lowest BCUT2D eigenvalue weighted by atomic mass is 9.85. The quantitative estimate of drug-likeness (QED) is 0.593. The Morgan fingerprint density at radius 1 is 1.30 bits per heavy atom. The van der Waals surface area contributed by atoms with E-state index in [9.17, 15) is 9.59 Å². The molecule has 1 aromatic rings. The van der Waals surface area contributed by atoms with Gasteiger partial charge in [0.1, 0.15) is 5.75 Å². The number of carbonyl (C=O) groups is 2. The van der Waals surface area contributed by atoms with Crippen molar-refractivity contribution in [2.75, 3.05) is 33.3 Å². The number of hydrogen-bond acceptors (Lipinski definition) is 4. The van der Waals surface area contributed by atoms with Crippen molar-refractivity contribution in [3.63, 3.8) is 0 Å². The minimum atomic E-state index is -0.815. The predicted octanol–water partition coefficient (Wildman–Crippen LogP) is 2.69. The van der Waals surface area contributed by atoms with Crippen LogP contribution >= 0.6 is 11.6 Å². The summed E-state index contributed by atoms with van der Waals surface area (Å²) in [6, 6.07) is 7.42. The highest BCUT2D eigenvalue weighted by Crippen LogP contribution is 2.25. The second kappa shape index (κ2) is 10.4. The van der Waals surface area contributed by atoms with Crippen LogP contribution in [0.5, 0.6) is 5.75 Å². The zero-order valence-corrected chi connectivity index (χ0v) is 16.6. The largest absolute Gasteiger partial charge is 0.494 e. The average molecular weight is 398 g/mol. The summed E-state index contributed by atoms with van der Waals surface area (Å²) in [5.74, 6) is -0.0567. The number of carbonyl (C=O) groups excluding carboxylic acids is 1. The fraction of sp³-hybridized carbons (Fsp3) is 0.579. The maximum Gasteiger partial charge on any atom is 0.317 e. The highest BCUT2D eigenvalue weighted by molar-refractivity contribution is 6.30. The van der Waals surface area contributed by atoms with Crippen LogP contribution in [0.1, 0.15) is 26.2 Å². The molecule has 150 valence electrons. The Hall–Kier alpha value is -1.99. The van der Waals surface area contributed by atoms with Crippen LogP contribution in [0.25, 0.3) is 0 Å². The number of amides is 2. The van der Waals surface area contributed by atoms with Crippen molar-refractivity contribution >= 4 is 23.6 Å². The molecule has 1 saturated carbocycles. The number of hydrogen-bond donors (Lipinski definition) is 2. The highest BCUT2D eigenvalue weighted by Gasteiger charge is 2.35. The summed E-state index contributed by atoms with van der Waals surface area (Å²) in [5, 5.41) is 12.6. The first-order chi connectivity index (χ1) is 12.9. The molecular formula is C19H28ClN3O4. The van der Waals surface area contributed by atoms with Crippen LogP contribution in [0.4, 0.5) is 4.79 Å². The van der Waals surface area contributed by atoms with Gasteiger partial charge < -0.3 is 20.1 Å². The molecule has 0 aliphatic heterocycles. The van der Waals surface area contributed by atoms with Gasteiger partial charge in [0.2, 0.25) is 0 Å². The zero-order valence-electron chi connectivity index (χ0n) is 15.9. The molecule has 0 atom stereocenters. The van der Waals surface area contributed by atoms with Crippen molar-refractivity contribution in [2.45, 2.75) is 38.3 Å². The molecule has 1 fully saturated rings. The number of urea groups is 1. The molecule has 1 aromatic carbocycles. The third-order valence-corrected chi connectivity index (χ3v) is 5.02. The van der Waals surface area contributed by atoms with E-state index in [0.717, 1.165) is 25.0 Å². The Kier molecular flexibility index (Phi) is 8.19. The molecule has 1 aliphatic carbocycles. The Bertz CT molecular complexity index is 620. The number of nitrogens with zero attached hydrogens (tertiary/aromatic N) is 2. The predicted molar refractivity (Wildman–Crippen MR) is 104 cm³/mol. The topological polar surface area (TPSA) is 82.1 Å². The van der Waals surface area contributed by atoms with E-state index in [4.69, 9.17) is 21.4 Å². The molecule has 1 aliphatic rings. The highest BCUT2D eigenvalue weighted by atomic mass is 35.5. The number of carboxylic acid groups (broad SMARTS) is 1. The fourth-order valence-electron chi connectivity index (χ4n) is 3.09. The molecule has 0 heterocycles. The number of aliphatic carboxylic acids is 1. The van der Waals surface area contributed by atoms with Gasteiger partial charge in [-0.05, 0) is 50.1 Å². The maximum atomic E-state index is 12.2. The van der Waals surface area contributed by atoms with Crippen LogP contribution < -0.4 is 10.1 Å². The van der Waals surface area contributed by atoms with Gasteiger partial charge in [-0.2, -0.15) is 0 Å². The zero-order chi connectivity index (χ0) is 19.8. The van der Waals surface area contributed by atoms with Gasteiger partial charge in [0.15, 0.2) is 0 Å². The van der Waals surface area contributed by atoms with E-state index in [2.05, 4.69) is 5.32 Å². The minimum Gasteiger partial charge on any atom is -0.494 e. The molecule has 0 aromatic heterocycles. The van der Waals surface area contributed by atoms with E-state index in [1.165, 1.54) is 0 Å². The first kappa shape index (κ1) is 21.3. The molecule has 8 heteroatoms. The second-order valence-electron chi connectivity index (χ2n) is 6.81. The van der Waals surface area contributed by atoms with Crippen LogP contribution in [0, 0.1) is 0 Å². The van der Waals surface area contributed by atoms with Gasteiger partial charge in [0.05, 0.1) is 13.2 Å². The van der Waals surface area contributed by atoms with Crippen molar-refractivity contribution in [3.8, 4) is 5.75 Å². The molecular weight excluding hydrogens is 370 g/mol. The summed E-state index contributed by atoms with van der Waals surface area (Å²) >= 11 is 5.83. The number of rotatable bonds is 10. The lowest BCUT2D eigenvalue weighted by Gasteiger charge is -2.42. The summed E-state index contributed by atoms with van der Waals surface area (Å²) in [5.41, 5.74) is 0. The van der Waals surface area contributed by atoms with E-state index < -0.39 is 5.97 Å². The van der Waals surface area contributed by atoms with E-state index in [1.807, 2.05) is 24.0 Å². The summed E-state index contributed by atoms with van der Waals surface area (Å²) in [6.45, 7) is 3.82. The average Bonchev–Trinajstić information content (AvgIpc) is 2.60. The van der Waals surface area contributed by atoms with Crippen molar-refractivity contribution in [1.82, 2.24) is 15.1 Å². The molecule has 0 spiro atoms. The Balaban J connectivity index is 1.60. The van der Waals surface area contributed by atoms with Crippen molar-refractivity contribution in [1.29, 1.82) is 0 Å². The smallest absolute Gasteiger partial charge is 0.317 e. The van der Waals surface area contributed by atoms with E-state index in [-0.39, 0.29) is 24.7 Å². The molecule has 2 N–H and O–H groups in total. The first-order valence-electron chi connectivity index (χ1n) is 9.25. The fourth-order valence-corrected chi connectivity index (χ4v) is 3.21. The van der Waals surface area contributed by atoms with E-state index >= 15 is 0 Å². The van der Waals surface area contributed by atoms with Gasteiger partial charge in [-0.25, -0.2) is 4.79 Å². The van der Waals surface area contributed by atoms with Gasteiger partial charge in [-0.3, -0.25) is 9.69 Å². The lowest BCUT2D eigenvalue weighted by molar-refractivity contribution is -0.139. The van der Waals surface area contributed by atoms with E-state index in [0.29, 0.717) is 24.7 Å². The summed E-state index contributed by atoms with van der Waals surface area (Å²) in [6.07, 6.45) is 2.31. The van der Waals surface area contributed by atoms with Crippen LogP contribution in [0.2, 0.25) is 5.02 Å². The molecule has 27 heavy (non-hydrogen) atoms. The first-order valence-corrected chi connectivity index (χ1v) is 9.62. The van der Waals surface area contributed by atoms with Crippen LogP contribution in [0.15, 0.2) is 24.3 Å². The lowest BCUT2D eigenvalue weighted by Crippen LogP contribution is -2.56.